The Morgan fingerprint density at radius 2 is 1.71 bits per heavy atom. The van der Waals surface area contributed by atoms with Gasteiger partial charge in [0.2, 0.25) is 0 Å². The maximum absolute atomic E-state index is 12.4. The highest BCUT2D eigenvalue weighted by atomic mass is 32.2. The van der Waals surface area contributed by atoms with E-state index < -0.39 is 10.1 Å². The van der Waals surface area contributed by atoms with Gasteiger partial charge < -0.3 is 9.08 Å². The van der Waals surface area contributed by atoms with Crippen molar-refractivity contribution in [3.63, 3.8) is 0 Å². The van der Waals surface area contributed by atoms with E-state index in [2.05, 4.69) is 4.90 Å². The summed E-state index contributed by atoms with van der Waals surface area (Å²) < 4.78 is 30.1. The van der Waals surface area contributed by atoms with Crippen LogP contribution >= 0.6 is 0 Å². The molecule has 0 aromatic heterocycles. The van der Waals surface area contributed by atoms with Gasteiger partial charge in [0.1, 0.15) is 10.7 Å². The molecule has 2 aliphatic rings. The van der Waals surface area contributed by atoms with Gasteiger partial charge in [-0.25, -0.2) is 0 Å². The van der Waals surface area contributed by atoms with Gasteiger partial charge in [-0.2, -0.15) is 8.42 Å². The maximum Gasteiger partial charge on any atom is 0.339 e. The predicted molar refractivity (Wildman–Crippen MR) is 93.0 cm³/mol. The molecule has 0 bridgehead atoms. The van der Waals surface area contributed by atoms with E-state index in [1.807, 2.05) is 36.5 Å². The average molecular weight is 337 g/mol. The molecule has 24 heavy (non-hydrogen) atoms. The van der Waals surface area contributed by atoms with E-state index in [4.69, 9.17) is 4.18 Å². The molecule has 2 aromatic rings. The summed E-state index contributed by atoms with van der Waals surface area (Å²) in [4.78, 5) is 2.21. The van der Waals surface area contributed by atoms with Crippen LogP contribution in [0.5, 0.6) is 0 Å². The molecule has 0 atom stereocenters. The van der Waals surface area contributed by atoms with E-state index in [0.717, 1.165) is 16.8 Å². The van der Waals surface area contributed by atoms with Crippen molar-refractivity contribution in [2.75, 3.05) is 6.54 Å². The summed E-state index contributed by atoms with van der Waals surface area (Å²) in [5.41, 5.74) is 3.10. The molecule has 0 saturated carbocycles. The first kappa shape index (κ1) is 14.8. The monoisotopic (exact) mass is 337 g/mol. The Kier molecular flexibility index (Phi) is 3.50. The van der Waals surface area contributed by atoms with Crippen LogP contribution in [0.2, 0.25) is 0 Å². The van der Waals surface area contributed by atoms with Gasteiger partial charge in [-0.05, 0) is 29.8 Å². The standard InChI is InChI=1S/C19H15NO3S/c21-24(22,17-7-2-1-3-8-17)23-16-11-13-20-12-10-15-6-4-5-9-18(15)19(20)14-16/h1-12,14H,13H2. The molecule has 4 rings (SSSR count). The number of hydrogen-bond acceptors (Lipinski definition) is 4. The summed E-state index contributed by atoms with van der Waals surface area (Å²) >= 11 is 0. The van der Waals surface area contributed by atoms with Crippen LogP contribution in [0.4, 0.5) is 0 Å². The molecule has 0 unspecified atom stereocenters. The Bertz CT molecular complexity index is 973. The third-order valence-electron chi connectivity index (χ3n) is 3.99. The minimum atomic E-state index is -3.82. The molecule has 2 heterocycles. The minimum Gasteiger partial charge on any atom is -0.379 e. The molecule has 0 amide bonds. The highest BCUT2D eigenvalue weighted by Gasteiger charge is 2.23. The fourth-order valence-electron chi connectivity index (χ4n) is 2.80. The second-order valence-electron chi connectivity index (χ2n) is 5.54. The van der Waals surface area contributed by atoms with E-state index in [9.17, 15) is 8.42 Å². The summed E-state index contributed by atoms with van der Waals surface area (Å²) in [5, 5.41) is 0. The van der Waals surface area contributed by atoms with Crippen molar-refractivity contribution in [1.82, 2.24) is 4.90 Å². The van der Waals surface area contributed by atoms with Gasteiger partial charge in [-0.3, -0.25) is 0 Å². The third kappa shape index (κ3) is 2.63. The first-order valence-corrected chi connectivity index (χ1v) is 9.00. The molecule has 0 N–H and O–H groups in total. The van der Waals surface area contributed by atoms with E-state index in [1.165, 1.54) is 12.1 Å². The van der Waals surface area contributed by atoms with Crippen LogP contribution in [-0.4, -0.2) is 19.9 Å². The number of rotatable bonds is 3. The van der Waals surface area contributed by atoms with Crippen LogP contribution < -0.4 is 0 Å². The predicted octanol–water partition coefficient (Wildman–Crippen LogP) is 3.62. The van der Waals surface area contributed by atoms with E-state index in [0.29, 0.717) is 12.3 Å². The Morgan fingerprint density at radius 3 is 2.54 bits per heavy atom. The van der Waals surface area contributed by atoms with Gasteiger partial charge in [0.25, 0.3) is 0 Å². The lowest BCUT2D eigenvalue weighted by Gasteiger charge is -2.30. The molecule has 0 radical (unpaired) electrons. The zero-order valence-electron chi connectivity index (χ0n) is 12.8. The van der Waals surface area contributed by atoms with Gasteiger partial charge in [0.05, 0.1) is 5.70 Å². The van der Waals surface area contributed by atoms with Crippen molar-refractivity contribution in [3.05, 3.63) is 89.8 Å². The van der Waals surface area contributed by atoms with E-state index >= 15 is 0 Å². The lowest BCUT2D eigenvalue weighted by Crippen LogP contribution is -2.23. The quantitative estimate of drug-likeness (QED) is 0.803. The minimum absolute atomic E-state index is 0.149. The molecule has 0 spiro atoms. The SMILES string of the molecule is O=S(=O)(OC1=CCN2C=Cc3ccccc3C2=C1)c1ccccc1. The van der Waals surface area contributed by atoms with Gasteiger partial charge in [0.15, 0.2) is 0 Å². The number of nitrogens with zero attached hydrogens (tertiary/aromatic N) is 1. The highest BCUT2D eigenvalue weighted by Crippen LogP contribution is 2.33. The molecule has 4 nitrogen and oxygen atoms in total. The molecule has 0 aliphatic carbocycles. The van der Waals surface area contributed by atoms with Crippen LogP contribution in [0.15, 0.2) is 83.6 Å². The number of benzene rings is 2. The van der Waals surface area contributed by atoms with Crippen molar-refractivity contribution in [2.24, 2.45) is 0 Å². The smallest absolute Gasteiger partial charge is 0.339 e. The fourth-order valence-corrected chi connectivity index (χ4v) is 3.76. The van der Waals surface area contributed by atoms with Crippen LogP contribution in [0.1, 0.15) is 11.1 Å². The maximum atomic E-state index is 12.4. The molecule has 2 aromatic carbocycles. The fraction of sp³-hybridized carbons (Fsp3) is 0.0526. The lowest BCUT2D eigenvalue weighted by molar-refractivity contribution is 0.410. The van der Waals surface area contributed by atoms with Crippen molar-refractivity contribution in [2.45, 2.75) is 4.90 Å². The Balaban J connectivity index is 1.67. The van der Waals surface area contributed by atoms with E-state index in [1.54, 1.807) is 30.4 Å². The third-order valence-corrected chi connectivity index (χ3v) is 5.25. The van der Waals surface area contributed by atoms with Gasteiger partial charge in [-0.1, -0.05) is 42.5 Å². The summed E-state index contributed by atoms with van der Waals surface area (Å²) in [6.07, 6.45) is 7.58. The first-order chi connectivity index (χ1) is 11.6. The number of allylic oxidation sites excluding steroid dienone is 1. The topological polar surface area (TPSA) is 46.6 Å². The molecule has 5 heteroatoms. The zero-order valence-corrected chi connectivity index (χ0v) is 13.6. The highest BCUT2D eigenvalue weighted by molar-refractivity contribution is 7.86. The van der Waals surface area contributed by atoms with Crippen molar-refractivity contribution in [3.8, 4) is 0 Å². The van der Waals surface area contributed by atoms with Gasteiger partial charge in [-0.15, -0.1) is 0 Å². The molecule has 0 saturated heterocycles. The molecular weight excluding hydrogens is 322 g/mol. The van der Waals surface area contributed by atoms with Crippen LogP contribution in [-0.2, 0) is 14.3 Å². The van der Waals surface area contributed by atoms with Crippen molar-refractivity contribution >= 4 is 21.9 Å². The lowest BCUT2D eigenvalue weighted by atomic mass is 9.98. The normalized spacial score (nSPS) is 15.9. The average Bonchev–Trinajstić information content (AvgIpc) is 2.62. The van der Waals surface area contributed by atoms with Crippen LogP contribution in [0, 0.1) is 0 Å². The van der Waals surface area contributed by atoms with Gasteiger partial charge >= 0.3 is 10.1 Å². The van der Waals surface area contributed by atoms with Crippen LogP contribution in [0.3, 0.4) is 0 Å². The zero-order chi connectivity index (χ0) is 16.6. The first-order valence-electron chi connectivity index (χ1n) is 7.59. The molecule has 0 fully saturated rings. The van der Waals surface area contributed by atoms with Crippen molar-refractivity contribution < 1.29 is 12.6 Å². The molecule has 120 valence electrons. The number of fused-ring (bicyclic) bond motifs is 3. The summed E-state index contributed by atoms with van der Waals surface area (Å²) in [5.74, 6) is 0.343. The Hall–Kier alpha value is -2.79. The number of hydrogen-bond donors (Lipinski definition) is 0. The Labute approximate surface area is 141 Å². The summed E-state index contributed by atoms with van der Waals surface area (Å²) in [6.45, 7) is 0.566. The molecule has 2 aliphatic heterocycles. The second-order valence-corrected chi connectivity index (χ2v) is 7.09. The summed E-state index contributed by atoms with van der Waals surface area (Å²) in [7, 11) is -3.82. The summed E-state index contributed by atoms with van der Waals surface area (Å²) in [6, 6.07) is 16.2. The van der Waals surface area contributed by atoms with E-state index in [-0.39, 0.29) is 4.90 Å². The van der Waals surface area contributed by atoms with Crippen LogP contribution in [0.25, 0.3) is 11.8 Å². The molecular formula is C19H15NO3S. The van der Waals surface area contributed by atoms with Gasteiger partial charge in [0, 0.05) is 24.4 Å². The largest absolute Gasteiger partial charge is 0.379 e. The second kappa shape index (κ2) is 5.69. The Morgan fingerprint density at radius 1 is 0.958 bits per heavy atom. The van der Waals surface area contributed by atoms with Crippen molar-refractivity contribution in [1.29, 1.82) is 0 Å².